The van der Waals surface area contributed by atoms with Crippen molar-refractivity contribution in [3.63, 3.8) is 0 Å². The van der Waals surface area contributed by atoms with Crippen molar-refractivity contribution in [2.24, 2.45) is 0 Å². The molecule has 1 aliphatic carbocycles. The van der Waals surface area contributed by atoms with Crippen LogP contribution in [0.4, 0.5) is 5.69 Å². The number of halogens is 1. The molecule has 0 radical (unpaired) electrons. The van der Waals surface area contributed by atoms with E-state index in [4.69, 9.17) is 16.3 Å². The first-order chi connectivity index (χ1) is 14.4. The summed E-state index contributed by atoms with van der Waals surface area (Å²) in [5, 5.41) is 14.1. The molecule has 2 aromatic rings. The van der Waals surface area contributed by atoms with E-state index in [1.54, 1.807) is 13.2 Å². The fourth-order valence-electron chi connectivity index (χ4n) is 4.24. The number of carbonyl (C=O) groups excluding carboxylic acids is 2. The Morgan fingerprint density at radius 3 is 2.43 bits per heavy atom. The molecule has 0 fully saturated rings. The number of rotatable bonds is 4. The molecule has 154 valence electrons. The Kier molecular flexibility index (Phi) is 5.30. The van der Waals surface area contributed by atoms with E-state index >= 15 is 0 Å². The number of hydrogen-bond acceptors (Lipinski definition) is 5. The number of hydrogen-bond donors (Lipinski definition) is 1. The van der Waals surface area contributed by atoms with E-state index in [-0.39, 0.29) is 34.7 Å². The Labute approximate surface area is 177 Å². The first-order valence-electron chi connectivity index (χ1n) is 9.51. The van der Waals surface area contributed by atoms with Crippen molar-refractivity contribution in [3.8, 4) is 5.75 Å². The number of Topliss-reactive ketones (excluding diaryl/α,β-unsaturated/α-hetero) is 1. The number of carbonyl (C=O) groups is 2. The third-order valence-electron chi connectivity index (χ3n) is 5.69. The molecule has 0 saturated carbocycles. The maximum atomic E-state index is 13.1. The molecule has 8 heteroatoms. The molecule has 1 heterocycles. The first kappa shape index (κ1) is 20.1. The summed E-state index contributed by atoms with van der Waals surface area (Å²) in [6, 6.07) is 12.0. The van der Waals surface area contributed by atoms with Crippen LogP contribution in [0.25, 0.3) is 0 Å². The third-order valence-corrected chi connectivity index (χ3v) is 6.01. The second kappa shape index (κ2) is 7.91. The summed E-state index contributed by atoms with van der Waals surface area (Å²) in [6.45, 7) is 0. The minimum atomic E-state index is -0.563. The summed E-state index contributed by atoms with van der Waals surface area (Å²) in [4.78, 5) is 36.2. The van der Waals surface area contributed by atoms with Crippen molar-refractivity contribution in [1.29, 1.82) is 0 Å². The molecule has 4 rings (SSSR count). The standard InChI is InChI=1S/C22H19ClN2O5/c1-30-15-5-2-12(3-6-15)14-8-18-22(20(26)10-14)16(11-21(27)24-18)13-4-7-17(23)19(9-13)25(28)29/h2-7,9,14,16H,8,10-11H2,1H3,(H,24,27)/t14-,16+/m1/s1. The average molecular weight is 427 g/mol. The second-order valence-corrected chi connectivity index (χ2v) is 7.87. The SMILES string of the molecule is COc1ccc([C@H]2CC(=O)C3=C(C2)NC(=O)C[C@H]3c2ccc(Cl)c([N+](=O)[O-])c2)cc1. The van der Waals surface area contributed by atoms with Gasteiger partial charge in [0, 0.05) is 36.1 Å². The van der Waals surface area contributed by atoms with E-state index < -0.39 is 10.8 Å². The van der Waals surface area contributed by atoms with Gasteiger partial charge in [-0.15, -0.1) is 0 Å². The van der Waals surface area contributed by atoms with Gasteiger partial charge >= 0.3 is 0 Å². The third kappa shape index (κ3) is 3.68. The normalized spacial score (nSPS) is 21.1. The van der Waals surface area contributed by atoms with Gasteiger partial charge in [-0.05, 0) is 41.7 Å². The zero-order valence-corrected chi connectivity index (χ0v) is 16.9. The fourth-order valence-corrected chi connectivity index (χ4v) is 4.43. The Morgan fingerprint density at radius 2 is 1.77 bits per heavy atom. The molecule has 0 aromatic heterocycles. The van der Waals surface area contributed by atoms with Crippen LogP contribution >= 0.6 is 11.6 Å². The van der Waals surface area contributed by atoms with Crippen molar-refractivity contribution < 1.29 is 19.2 Å². The highest BCUT2D eigenvalue weighted by molar-refractivity contribution is 6.32. The van der Waals surface area contributed by atoms with Gasteiger partial charge in [0.1, 0.15) is 10.8 Å². The van der Waals surface area contributed by atoms with Gasteiger partial charge < -0.3 is 10.1 Å². The molecular formula is C22H19ClN2O5. The van der Waals surface area contributed by atoms with Gasteiger partial charge in [-0.1, -0.05) is 29.8 Å². The monoisotopic (exact) mass is 426 g/mol. The highest BCUT2D eigenvalue weighted by Crippen LogP contribution is 2.43. The van der Waals surface area contributed by atoms with Crippen LogP contribution in [-0.2, 0) is 9.59 Å². The topological polar surface area (TPSA) is 98.5 Å². The molecule has 0 saturated heterocycles. The van der Waals surface area contributed by atoms with E-state index in [1.165, 1.54) is 12.1 Å². The lowest BCUT2D eigenvalue weighted by Gasteiger charge is -2.34. The van der Waals surface area contributed by atoms with E-state index in [1.807, 2.05) is 24.3 Å². The lowest BCUT2D eigenvalue weighted by atomic mass is 9.73. The minimum absolute atomic E-state index is 0.0211. The molecule has 30 heavy (non-hydrogen) atoms. The van der Waals surface area contributed by atoms with E-state index in [2.05, 4.69) is 5.32 Å². The first-order valence-corrected chi connectivity index (χ1v) is 9.89. The van der Waals surface area contributed by atoms with Gasteiger partial charge in [0.25, 0.3) is 5.69 Å². The number of nitro benzene ring substituents is 1. The van der Waals surface area contributed by atoms with Gasteiger partial charge in [-0.25, -0.2) is 0 Å². The number of nitrogens with one attached hydrogen (secondary N) is 1. The molecule has 0 bridgehead atoms. The number of ketones is 1. The number of nitro groups is 1. The zero-order chi connectivity index (χ0) is 21.4. The Bertz CT molecular complexity index is 1080. The summed E-state index contributed by atoms with van der Waals surface area (Å²) in [5.41, 5.74) is 2.45. The minimum Gasteiger partial charge on any atom is -0.497 e. The zero-order valence-electron chi connectivity index (χ0n) is 16.2. The van der Waals surface area contributed by atoms with Crippen molar-refractivity contribution in [1.82, 2.24) is 5.32 Å². The lowest BCUT2D eigenvalue weighted by molar-refractivity contribution is -0.384. The smallest absolute Gasteiger partial charge is 0.288 e. The van der Waals surface area contributed by atoms with Gasteiger partial charge in [-0.3, -0.25) is 19.7 Å². The van der Waals surface area contributed by atoms with Crippen molar-refractivity contribution in [2.45, 2.75) is 31.1 Å². The van der Waals surface area contributed by atoms with Crippen LogP contribution in [0.5, 0.6) is 5.75 Å². The predicted octanol–water partition coefficient (Wildman–Crippen LogP) is 4.26. The molecule has 2 atom stereocenters. The fraction of sp³-hybridized carbons (Fsp3) is 0.273. The molecular weight excluding hydrogens is 408 g/mol. The maximum Gasteiger partial charge on any atom is 0.288 e. The number of ether oxygens (including phenoxy) is 1. The molecule has 1 amide bonds. The molecule has 0 unspecified atom stereocenters. The number of benzene rings is 2. The van der Waals surface area contributed by atoms with Crippen LogP contribution in [0.15, 0.2) is 53.7 Å². The van der Waals surface area contributed by atoms with E-state index in [0.717, 1.165) is 11.3 Å². The summed E-state index contributed by atoms with van der Waals surface area (Å²) in [5.74, 6) is -0.106. The quantitative estimate of drug-likeness (QED) is 0.581. The summed E-state index contributed by atoms with van der Waals surface area (Å²) >= 11 is 5.92. The Hall–Kier alpha value is -3.19. The molecule has 2 aromatic carbocycles. The van der Waals surface area contributed by atoms with Crippen LogP contribution in [0.3, 0.4) is 0 Å². The van der Waals surface area contributed by atoms with Crippen LogP contribution in [0, 0.1) is 10.1 Å². The second-order valence-electron chi connectivity index (χ2n) is 7.47. The summed E-state index contributed by atoms with van der Waals surface area (Å²) in [7, 11) is 1.59. The number of allylic oxidation sites excluding steroid dienone is 2. The molecule has 1 N–H and O–H groups in total. The largest absolute Gasteiger partial charge is 0.497 e. The predicted molar refractivity (Wildman–Crippen MR) is 111 cm³/mol. The van der Waals surface area contributed by atoms with Crippen LogP contribution in [0.2, 0.25) is 5.02 Å². The van der Waals surface area contributed by atoms with Gasteiger partial charge in [0.15, 0.2) is 5.78 Å². The van der Waals surface area contributed by atoms with Crippen molar-refractivity contribution in [3.05, 3.63) is 80.0 Å². The van der Waals surface area contributed by atoms with Crippen molar-refractivity contribution in [2.75, 3.05) is 7.11 Å². The number of nitrogens with zero attached hydrogens (tertiary/aromatic N) is 1. The van der Waals surface area contributed by atoms with Gasteiger partial charge in [0.2, 0.25) is 5.91 Å². The number of amides is 1. The summed E-state index contributed by atoms with van der Waals surface area (Å²) in [6.07, 6.45) is 0.898. The molecule has 2 aliphatic rings. The molecule has 7 nitrogen and oxygen atoms in total. The van der Waals surface area contributed by atoms with Crippen LogP contribution < -0.4 is 10.1 Å². The van der Waals surface area contributed by atoms with Crippen LogP contribution in [-0.4, -0.2) is 23.7 Å². The van der Waals surface area contributed by atoms with Crippen molar-refractivity contribution >= 4 is 29.0 Å². The van der Waals surface area contributed by atoms with E-state index in [0.29, 0.717) is 29.7 Å². The Morgan fingerprint density at radius 1 is 1.07 bits per heavy atom. The van der Waals surface area contributed by atoms with E-state index in [9.17, 15) is 19.7 Å². The van der Waals surface area contributed by atoms with Crippen LogP contribution in [0.1, 0.15) is 42.2 Å². The number of methoxy groups -OCH3 is 1. The highest BCUT2D eigenvalue weighted by atomic mass is 35.5. The van der Waals surface area contributed by atoms with Gasteiger partial charge in [0.05, 0.1) is 12.0 Å². The maximum absolute atomic E-state index is 13.1. The molecule has 0 spiro atoms. The highest BCUT2D eigenvalue weighted by Gasteiger charge is 2.38. The van der Waals surface area contributed by atoms with Gasteiger partial charge in [-0.2, -0.15) is 0 Å². The average Bonchev–Trinajstić information content (AvgIpc) is 2.73. The Balaban J connectivity index is 1.70. The lowest BCUT2D eigenvalue weighted by Crippen LogP contribution is -2.38. The summed E-state index contributed by atoms with van der Waals surface area (Å²) < 4.78 is 5.18. The molecule has 1 aliphatic heterocycles.